The molecule has 22 heavy (non-hydrogen) atoms. The first-order valence-electron chi connectivity index (χ1n) is 6.20. The van der Waals surface area contributed by atoms with E-state index in [9.17, 15) is 0 Å². The molecule has 4 N–H and O–H groups in total. The smallest absolute Gasteiger partial charge is 0.300 e. The number of aliphatic carboxylic acids is 2. The Morgan fingerprint density at radius 2 is 0.818 bits per heavy atom. The zero-order chi connectivity index (χ0) is 17.1. The molecule has 2 aromatic rings. The number of carboxylic acid groups (broad SMARTS) is 2. The summed E-state index contributed by atoms with van der Waals surface area (Å²) in [5.74, 6) is -1.15. The number of aromatic hydroxyl groups is 2. The van der Waals surface area contributed by atoms with Gasteiger partial charge in [0.15, 0.2) is 0 Å². The van der Waals surface area contributed by atoms with E-state index in [1.165, 1.54) is 0 Å². The Kier molecular flexibility index (Phi) is 8.47. The van der Waals surface area contributed by atoms with Crippen molar-refractivity contribution in [1.82, 2.24) is 0 Å². The molecular formula is C16H18O6. The van der Waals surface area contributed by atoms with E-state index in [-0.39, 0.29) is 11.5 Å². The summed E-state index contributed by atoms with van der Waals surface area (Å²) in [7, 11) is 0. The SMILES string of the molecule is CC(=O)O.CC(=O)O.Oc1ccc(-c2ccc(O)cc2)cc1. The van der Waals surface area contributed by atoms with E-state index in [4.69, 9.17) is 30.0 Å². The Labute approximate surface area is 127 Å². The quantitative estimate of drug-likeness (QED) is 0.644. The summed E-state index contributed by atoms with van der Waals surface area (Å²) in [6.45, 7) is 2.17. The number of hydrogen-bond donors (Lipinski definition) is 4. The summed E-state index contributed by atoms with van der Waals surface area (Å²) in [5, 5.41) is 33.0. The summed E-state index contributed by atoms with van der Waals surface area (Å²) >= 11 is 0. The third kappa shape index (κ3) is 9.85. The molecule has 2 aromatic carbocycles. The van der Waals surface area contributed by atoms with Crippen LogP contribution in [0.2, 0.25) is 0 Å². The van der Waals surface area contributed by atoms with Crippen molar-refractivity contribution in [2.24, 2.45) is 0 Å². The standard InChI is InChI=1S/C12H10O2.2C2H4O2/c13-11-5-1-9(2-6-11)10-3-7-12(14)8-4-10;2*1-2(3)4/h1-8,13-14H;2*1H3,(H,3,4). The van der Waals surface area contributed by atoms with E-state index in [1.54, 1.807) is 24.3 Å². The largest absolute Gasteiger partial charge is 0.508 e. The fourth-order valence-electron chi connectivity index (χ4n) is 1.31. The van der Waals surface area contributed by atoms with Crippen LogP contribution in [0.1, 0.15) is 13.8 Å². The second-order valence-electron chi connectivity index (χ2n) is 4.13. The molecule has 0 fully saturated rings. The summed E-state index contributed by atoms with van der Waals surface area (Å²) in [4.78, 5) is 18.0. The van der Waals surface area contributed by atoms with E-state index in [2.05, 4.69) is 0 Å². The van der Waals surface area contributed by atoms with Gasteiger partial charge in [0.25, 0.3) is 11.9 Å². The lowest BCUT2D eigenvalue weighted by molar-refractivity contribution is -0.135. The Morgan fingerprint density at radius 3 is 1.00 bits per heavy atom. The van der Waals surface area contributed by atoms with Crippen molar-refractivity contribution in [2.45, 2.75) is 13.8 Å². The second-order valence-corrected chi connectivity index (χ2v) is 4.13. The normalized spacial score (nSPS) is 8.64. The molecule has 0 aliphatic carbocycles. The Balaban J connectivity index is 0.000000464. The second kappa shape index (κ2) is 9.82. The molecule has 118 valence electrons. The number of phenolic OH excluding ortho intramolecular Hbond substituents is 2. The summed E-state index contributed by atoms with van der Waals surface area (Å²) in [6, 6.07) is 13.9. The van der Waals surface area contributed by atoms with Crippen LogP contribution >= 0.6 is 0 Å². The third-order valence-electron chi connectivity index (χ3n) is 2.07. The highest BCUT2D eigenvalue weighted by Crippen LogP contribution is 2.23. The van der Waals surface area contributed by atoms with Gasteiger partial charge in [0.1, 0.15) is 11.5 Å². The molecule has 0 radical (unpaired) electrons. The van der Waals surface area contributed by atoms with Crippen LogP contribution < -0.4 is 0 Å². The highest BCUT2D eigenvalue weighted by atomic mass is 16.4. The third-order valence-corrected chi connectivity index (χ3v) is 2.07. The Hall–Kier alpha value is -3.02. The minimum Gasteiger partial charge on any atom is -0.508 e. The van der Waals surface area contributed by atoms with E-state index in [1.807, 2.05) is 24.3 Å². The lowest BCUT2D eigenvalue weighted by atomic mass is 10.1. The van der Waals surface area contributed by atoms with Crippen LogP contribution in [0.3, 0.4) is 0 Å². The first kappa shape index (κ1) is 19.0. The summed E-state index contributed by atoms with van der Waals surface area (Å²) in [6.07, 6.45) is 0. The van der Waals surface area contributed by atoms with E-state index in [0.29, 0.717) is 0 Å². The number of carboxylic acids is 2. The van der Waals surface area contributed by atoms with Crippen LogP contribution in [0.5, 0.6) is 11.5 Å². The highest BCUT2D eigenvalue weighted by molar-refractivity contribution is 5.64. The maximum Gasteiger partial charge on any atom is 0.300 e. The van der Waals surface area contributed by atoms with Gasteiger partial charge in [-0.15, -0.1) is 0 Å². The summed E-state index contributed by atoms with van der Waals surface area (Å²) < 4.78 is 0. The molecule has 0 atom stereocenters. The van der Waals surface area contributed by atoms with Gasteiger partial charge >= 0.3 is 0 Å². The molecule has 0 aromatic heterocycles. The van der Waals surface area contributed by atoms with Crippen LogP contribution in [0.4, 0.5) is 0 Å². The number of phenols is 2. The molecule has 0 amide bonds. The molecule has 0 saturated heterocycles. The Bertz CT molecular complexity index is 524. The lowest BCUT2D eigenvalue weighted by Crippen LogP contribution is -1.78. The van der Waals surface area contributed by atoms with Crippen LogP contribution in [-0.4, -0.2) is 32.4 Å². The van der Waals surface area contributed by atoms with Crippen molar-refractivity contribution in [2.75, 3.05) is 0 Å². The monoisotopic (exact) mass is 306 g/mol. The number of hydrogen-bond acceptors (Lipinski definition) is 4. The van der Waals surface area contributed by atoms with Gasteiger partial charge in [-0.05, 0) is 35.4 Å². The zero-order valence-electron chi connectivity index (χ0n) is 12.2. The highest BCUT2D eigenvalue weighted by Gasteiger charge is 1.96. The zero-order valence-corrected chi connectivity index (χ0v) is 12.2. The first-order chi connectivity index (χ1) is 10.2. The number of benzene rings is 2. The number of rotatable bonds is 1. The van der Waals surface area contributed by atoms with Gasteiger partial charge in [-0.3, -0.25) is 9.59 Å². The molecule has 0 aliphatic heterocycles. The maximum atomic E-state index is 9.11. The predicted molar refractivity (Wildman–Crippen MR) is 81.8 cm³/mol. The minimum absolute atomic E-state index is 0.257. The molecule has 6 nitrogen and oxygen atoms in total. The fraction of sp³-hybridized carbons (Fsp3) is 0.125. The van der Waals surface area contributed by atoms with E-state index < -0.39 is 11.9 Å². The fourth-order valence-corrected chi connectivity index (χ4v) is 1.31. The van der Waals surface area contributed by atoms with Crippen LogP contribution in [-0.2, 0) is 9.59 Å². The molecule has 0 unspecified atom stereocenters. The van der Waals surface area contributed by atoms with Crippen molar-refractivity contribution >= 4 is 11.9 Å². The molecular weight excluding hydrogens is 288 g/mol. The van der Waals surface area contributed by atoms with Gasteiger partial charge in [0.2, 0.25) is 0 Å². The van der Waals surface area contributed by atoms with E-state index >= 15 is 0 Å². The topological polar surface area (TPSA) is 115 Å². The summed E-state index contributed by atoms with van der Waals surface area (Å²) in [5.41, 5.74) is 2.03. The van der Waals surface area contributed by atoms with Gasteiger partial charge < -0.3 is 20.4 Å². The molecule has 0 saturated carbocycles. The average Bonchev–Trinajstić information content (AvgIpc) is 2.39. The minimum atomic E-state index is -0.833. The van der Waals surface area contributed by atoms with E-state index in [0.717, 1.165) is 25.0 Å². The van der Waals surface area contributed by atoms with Gasteiger partial charge in [0, 0.05) is 13.8 Å². The van der Waals surface area contributed by atoms with Crippen LogP contribution in [0.15, 0.2) is 48.5 Å². The van der Waals surface area contributed by atoms with Gasteiger partial charge in [-0.1, -0.05) is 24.3 Å². The average molecular weight is 306 g/mol. The molecule has 0 heterocycles. The molecule has 2 rings (SSSR count). The van der Waals surface area contributed by atoms with Gasteiger partial charge in [-0.25, -0.2) is 0 Å². The molecule has 0 spiro atoms. The van der Waals surface area contributed by atoms with Crippen LogP contribution in [0, 0.1) is 0 Å². The van der Waals surface area contributed by atoms with Crippen molar-refractivity contribution in [3.05, 3.63) is 48.5 Å². The van der Waals surface area contributed by atoms with Crippen molar-refractivity contribution in [3.8, 4) is 22.6 Å². The Morgan fingerprint density at radius 1 is 0.636 bits per heavy atom. The molecule has 0 aliphatic rings. The van der Waals surface area contributed by atoms with Gasteiger partial charge in [0.05, 0.1) is 0 Å². The first-order valence-corrected chi connectivity index (χ1v) is 6.20. The van der Waals surface area contributed by atoms with Crippen molar-refractivity contribution in [1.29, 1.82) is 0 Å². The molecule has 6 heteroatoms. The van der Waals surface area contributed by atoms with Gasteiger partial charge in [-0.2, -0.15) is 0 Å². The predicted octanol–water partition coefficient (Wildman–Crippen LogP) is 2.95. The van der Waals surface area contributed by atoms with Crippen molar-refractivity contribution < 1.29 is 30.0 Å². The number of carbonyl (C=O) groups is 2. The van der Waals surface area contributed by atoms with Crippen LogP contribution in [0.25, 0.3) is 11.1 Å². The molecule has 0 bridgehead atoms. The maximum absolute atomic E-state index is 9.11. The van der Waals surface area contributed by atoms with Crippen molar-refractivity contribution in [3.63, 3.8) is 0 Å². The lowest BCUT2D eigenvalue weighted by Gasteiger charge is -2.01.